The summed E-state index contributed by atoms with van der Waals surface area (Å²) in [6.07, 6.45) is 3.69. The number of H-pyrrole nitrogens is 1. The molecule has 2 aromatic heterocycles. The highest BCUT2D eigenvalue weighted by Gasteiger charge is 2.26. The molecule has 0 aliphatic rings. The van der Waals surface area contributed by atoms with Gasteiger partial charge < -0.3 is 9.72 Å². The van der Waals surface area contributed by atoms with Gasteiger partial charge in [-0.1, -0.05) is 20.8 Å². The van der Waals surface area contributed by atoms with Crippen LogP contribution in [0.2, 0.25) is 0 Å². The van der Waals surface area contributed by atoms with Gasteiger partial charge >= 0.3 is 5.97 Å². The second kappa shape index (κ2) is 5.15. The molecular formula is C15H21N3O2. The molecule has 108 valence electrons. The van der Waals surface area contributed by atoms with E-state index in [4.69, 9.17) is 4.74 Å². The van der Waals surface area contributed by atoms with Gasteiger partial charge in [0.1, 0.15) is 5.69 Å². The summed E-state index contributed by atoms with van der Waals surface area (Å²) in [6.45, 7) is 8.47. The monoisotopic (exact) mass is 275 g/mol. The normalized spacial score (nSPS) is 11.7. The minimum atomic E-state index is -0.337. The van der Waals surface area contributed by atoms with Gasteiger partial charge in [0.2, 0.25) is 0 Å². The van der Waals surface area contributed by atoms with Crippen molar-refractivity contribution in [2.24, 2.45) is 7.05 Å². The minimum Gasteiger partial charge on any atom is -0.461 e. The fraction of sp³-hybridized carbons (Fsp3) is 0.467. The smallest absolute Gasteiger partial charge is 0.355 e. The predicted molar refractivity (Wildman–Crippen MR) is 77.7 cm³/mol. The van der Waals surface area contributed by atoms with Crippen molar-refractivity contribution in [3.05, 3.63) is 29.8 Å². The highest BCUT2D eigenvalue weighted by Crippen LogP contribution is 2.33. The largest absolute Gasteiger partial charge is 0.461 e. The molecule has 2 heterocycles. The molecule has 0 saturated heterocycles. The van der Waals surface area contributed by atoms with Crippen LogP contribution in [0.15, 0.2) is 18.5 Å². The van der Waals surface area contributed by atoms with Gasteiger partial charge in [0.25, 0.3) is 0 Å². The number of aromatic nitrogens is 3. The minimum absolute atomic E-state index is 0.0974. The molecule has 0 fully saturated rings. The fourth-order valence-corrected chi connectivity index (χ4v) is 2.21. The Hall–Kier alpha value is -2.04. The Kier molecular flexibility index (Phi) is 3.70. The molecule has 0 amide bonds. The molecule has 0 bridgehead atoms. The van der Waals surface area contributed by atoms with Gasteiger partial charge in [-0.2, -0.15) is 5.10 Å². The first-order valence-electron chi connectivity index (χ1n) is 6.73. The van der Waals surface area contributed by atoms with E-state index in [0.29, 0.717) is 12.3 Å². The van der Waals surface area contributed by atoms with E-state index in [1.165, 1.54) is 0 Å². The zero-order chi connectivity index (χ0) is 14.9. The van der Waals surface area contributed by atoms with Gasteiger partial charge in [-0.25, -0.2) is 4.79 Å². The summed E-state index contributed by atoms with van der Waals surface area (Å²) < 4.78 is 6.86. The zero-order valence-corrected chi connectivity index (χ0v) is 12.7. The molecule has 1 N–H and O–H groups in total. The lowest BCUT2D eigenvalue weighted by Gasteiger charge is -2.17. The Balaban J connectivity index is 2.53. The Morgan fingerprint density at radius 3 is 2.70 bits per heavy atom. The average Bonchev–Trinajstić information content (AvgIpc) is 2.93. The van der Waals surface area contributed by atoms with Crippen molar-refractivity contribution >= 4 is 5.97 Å². The van der Waals surface area contributed by atoms with E-state index in [-0.39, 0.29) is 11.4 Å². The van der Waals surface area contributed by atoms with E-state index in [1.807, 2.05) is 19.3 Å². The highest BCUT2D eigenvalue weighted by atomic mass is 16.5. The predicted octanol–water partition coefficient (Wildman–Crippen LogP) is 2.89. The maximum absolute atomic E-state index is 12.0. The molecule has 0 spiro atoms. The Labute approximate surface area is 118 Å². The van der Waals surface area contributed by atoms with Crippen molar-refractivity contribution < 1.29 is 9.53 Å². The topological polar surface area (TPSA) is 59.9 Å². The van der Waals surface area contributed by atoms with Crippen LogP contribution in [0.5, 0.6) is 0 Å². The molecule has 0 saturated carbocycles. The van der Waals surface area contributed by atoms with E-state index in [0.717, 1.165) is 16.8 Å². The number of carbonyl (C=O) groups excluding carboxylic acids is 1. The third-order valence-corrected chi connectivity index (χ3v) is 3.06. The zero-order valence-electron chi connectivity index (χ0n) is 12.7. The van der Waals surface area contributed by atoms with E-state index in [1.54, 1.807) is 17.8 Å². The van der Waals surface area contributed by atoms with Crippen LogP contribution in [0, 0.1) is 0 Å². The summed E-state index contributed by atoms with van der Waals surface area (Å²) in [5.41, 5.74) is 3.14. The lowest BCUT2D eigenvalue weighted by molar-refractivity contribution is 0.0521. The molecule has 5 nitrogen and oxygen atoms in total. The van der Waals surface area contributed by atoms with Crippen LogP contribution in [-0.2, 0) is 17.2 Å². The number of nitrogens with one attached hydrogen (secondary N) is 1. The number of aromatic amines is 1. The van der Waals surface area contributed by atoms with Crippen molar-refractivity contribution in [3.63, 3.8) is 0 Å². The van der Waals surface area contributed by atoms with E-state index in [9.17, 15) is 4.79 Å². The van der Waals surface area contributed by atoms with Crippen LogP contribution >= 0.6 is 0 Å². The third-order valence-electron chi connectivity index (χ3n) is 3.06. The van der Waals surface area contributed by atoms with Gasteiger partial charge in [-0.05, 0) is 13.0 Å². The number of rotatable bonds is 3. The Bertz CT molecular complexity index is 617. The van der Waals surface area contributed by atoms with E-state index in [2.05, 4.69) is 30.9 Å². The van der Waals surface area contributed by atoms with Gasteiger partial charge in [0, 0.05) is 36.0 Å². The first-order chi connectivity index (χ1) is 9.34. The van der Waals surface area contributed by atoms with Crippen LogP contribution in [0.25, 0.3) is 11.1 Å². The number of ether oxygens (including phenoxy) is 1. The quantitative estimate of drug-likeness (QED) is 0.876. The molecule has 0 radical (unpaired) electrons. The second-order valence-electron chi connectivity index (χ2n) is 5.80. The maximum Gasteiger partial charge on any atom is 0.355 e. The van der Waals surface area contributed by atoms with Gasteiger partial charge in [-0.15, -0.1) is 0 Å². The van der Waals surface area contributed by atoms with Crippen LogP contribution in [0.1, 0.15) is 43.9 Å². The highest BCUT2D eigenvalue weighted by molar-refractivity contribution is 5.96. The number of hydrogen-bond donors (Lipinski definition) is 1. The summed E-state index contributed by atoms with van der Waals surface area (Å²) in [5.74, 6) is -0.337. The number of hydrogen-bond acceptors (Lipinski definition) is 3. The summed E-state index contributed by atoms with van der Waals surface area (Å²) >= 11 is 0. The van der Waals surface area contributed by atoms with E-state index >= 15 is 0 Å². The average molecular weight is 275 g/mol. The summed E-state index contributed by atoms with van der Waals surface area (Å²) in [4.78, 5) is 15.0. The maximum atomic E-state index is 12.0. The summed E-state index contributed by atoms with van der Waals surface area (Å²) in [7, 11) is 1.88. The number of aryl methyl sites for hydroxylation is 1. The summed E-state index contributed by atoms with van der Waals surface area (Å²) in [6, 6.07) is 1.89. The van der Waals surface area contributed by atoms with Gasteiger partial charge in [0.05, 0.1) is 12.3 Å². The van der Waals surface area contributed by atoms with Crippen molar-refractivity contribution in [2.75, 3.05) is 6.61 Å². The number of carbonyl (C=O) groups is 1. The Morgan fingerprint density at radius 2 is 2.10 bits per heavy atom. The van der Waals surface area contributed by atoms with Crippen LogP contribution in [-0.4, -0.2) is 27.3 Å². The molecule has 2 rings (SSSR count). The molecule has 0 atom stereocenters. The fourth-order valence-electron chi connectivity index (χ4n) is 2.21. The van der Waals surface area contributed by atoms with Crippen molar-refractivity contribution in [3.8, 4) is 11.1 Å². The van der Waals surface area contributed by atoms with Crippen molar-refractivity contribution in [1.82, 2.24) is 14.8 Å². The van der Waals surface area contributed by atoms with Gasteiger partial charge in [0.15, 0.2) is 0 Å². The lowest BCUT2D eigenvalue weighted by atomic mass is 9.87. The molecule has 0 aromatic carbocycles. The Morgan fingerprint density at radius 1 is 1.40 bits per heavy atom. The lowest BCUT2D eigenvalue weighted by Crippen LogP contribution is -2.14. The van der Waals surface area contributed by atoms with Crippen LogP contribution < -0.4 is 0 Å². The first kappa shape index (κ1) is 14.4. The summed E-state index contributed by atoms with van der Waals surface area (Å²) in [5, 5.41) is 4.53. The van der Waals surface area contributed by atoms with Crippen LogP contribution in [0.3, 0.4) is 0 Å². The molecule has 0 aliphatic heterocycles. The second-order valence-corrected chi connectivity index (χ2v) is 5.80. The number of esters is 1. The molecule has 0 aliphatic carbocycles. The first-order valence-corrected chi connectivity index (χ1v) is 6.73. The molecule has 2 aromatic rings. The van der Waals surface area contributed by atoms with E-state index < -0.39 is 0 Å². The SMILES string of the molecule is CCOC(=O)c1[nH]ccc1-c1cn(C)nc1C(C)(C)C. The third kappa shape index (κ3) is 2.61. The molecule has 0 unspecified atom stereocenters. The standard InChI is InChI=1S/C15H21N3O2/c1-6-20-14(19)12-10(7-8-16-12)11-9-18(5)17-13(11)15(2,3)4/h7-9,16H,6H2,1-5H3. The molecule has 20 heavy (non-hydrogen) atoms. The number of nitrogens with zero attached hydrogens (tertiary/aromatic N) is 2. The van der Waals surface area contributed by atoms with Crippen molar-refractivity contribution in [2.45, 2.75) is 33.1 Å². The van der Waals surface area contributed by atoms with Gasteiger partial charge in [-0.3, -0.25) is 4.68 Å². The van der Waals surface area contributed by atoms with Crippen molar-refractivity contribution in [1.29, 1.82) is 0 Å². The molecular weight excluding hydrogens is 254 g/mol. The van der Waals surface area contributed by atoms with Crippen LogP contribution in [0.4, 0.5) is 0 Å². The molecule has 5 heteroatoms.